The van der Waals surface area contributed by atoms with Gasteiger partial charge in [0, 0.05) is 16.9 Å². The number of esters is 1. The van der Waals surface area contributed by atoms with E-state index in [1.54, 1.807) is 25.1 Å². The summed E-state index contributed by atoms with van der Waals surface area (Å²) in [5.41, 5.74) is 1.98. The summed E-state index contributed by atoms with van der Waals surface area (Å²) in [6.07, 6.45) is 0. The van der Waals surface area contributed by atoms with Crippen LogP contribution < -0.4 is 16.0 Å². The van der Waals surface area contributed by atoms with Gasteiger partial charge in [-0.1, -0.05) is 46.3 Å². The third-order valence-electron chi connectivity index (χ3n) is 5.02. The van der Waals surface area contributed by atoms with E-state index in [0.29, 0.717) is 25.4 Å². The zero-order valence-corrected chi connectivity index (χ0v) is 23.3. The second-order valence-electron chi connectivity index (χ2n) is 7.60. The number of methoxy groups -OCH3 is 1. The molecule has 1 aliphatic heterocycles. The quantitative estimate of drug-likeness (QED) is 0.138. The number of hydrogen-bond donors (Lipinski definition) is 3. The fraction of sp³-hybridized carbons (Fsp3) is 0.227. The van der Waals surface area contributed by atoms with Crippen LogP contribution in [0.25, 0.3) is 0 Å². The first-order chi connectivity index (χ1) is 17.6. The van der Waals surface area contributed by atoms with Gasteiger partial charge >= 0.3 is 5.97 Å². The molecule has 1 amide bonds. The molecule has 37 heavy (non-hydrogen) atoms. The maximum Gasteiger partial charge on any atom is 0.318 e. The molecule has 0 spiro atoms. The van der Waals surface area contributed by atoms with Crippen LogP contribution in [0.4, 0.5) is 21.5 Å². The Bertz CT molecular complexity index is 1460. The molecule has 0 aliphatic carbocycles. The van der Waals surface area contributed by atoms with Gasteiger partial charge < -0.3 is 20.7 Å². The van der Waals surface area contributed by atoms with Gasteiger partial charge in [0.05, 0.1) is 22.8 Å². The number of ether oxygens (including phenoxy) is 1. The molecule has 0 saturated carbocycles. The van der Waals surface area contributed by atoms with Crippen molar-refractivity contribution in [2.24, 2.45) is 4.99 Å². The fourth-order valence-electron chi connectivity index (χ4n) is 3.25. The largest absolute Gasteiger partial charge is 0.468 e. The summed E-state index contributed by atoms with van der Waals surface area (Å²) in [6, 6.07) is 7.72. The number of halogens is 3. The molecule has 1 aliphatic rings. The van der Waals surface area contributed by atoms with E-state index in [9.17, 15) is 14.0 Å². The Hall–Kier alpha value is -2.71. The van der Waals surface area contributed by atoms with Crippen LogP contribution in [0.1, 0.15) is 12.5 Å². The van der Waals surface area contributed by atoms with Gasteiger partial charge in [-0.05, 0) is 49.5 Å². The molecule has 1 unspecified atom stereocenters. The lowest BCUT2D eigenvalue weighted by molar-refractivity contribution is -0.139. The normalized spacial score (nSPS) is 13.2. The molecule has 9 nitrogen and oxygen atoms in total. The Kier molecular flexibility index (Phi) is 8.70. The van der Waals surface area contributed by atoms with Crippen LogP contribution in [0.15, 0.2) is 39.7 Å². The first-order valence-corrected chi connectivity index (χ1v) is 13.5. The minimum Gasteiger partial charge on any atom is -0.468 e. The van der Waals surface area contributed by atoms with Gasteiger partial charge in [-0.25, -0.2) is 14.1 Å². The number of aliphatic imine (C=N–C) groups is 1. The zero-order chi connectivity index (χ0) is 26.7. The summed E-state index contributed by atoms with van der Waals surface area (Å²) in [6.45, 7) is 1.86. The van der Waals surface area contributed by atoms with Gasteiger partial charge in [-0.3, -0.25) is 9.59 Å². The monoisotopic (exact) mass is 600 g/mol. The third-order valence-corrected chi connectivity index (χ3v) is 8.21. The first kappa shape index (κ1) is 27.3. The SMILES string of the molecule is COC(=O)C(C)Sc1nn(CC(=O)Nc2ccc3c(c2)C(Nc2cc(Cl)c(Cl)cc2F)=NCN3)c(=S)s1. The Morgan fingerprint density at radius 1 is 1.32 bits per heavy atom. The van der Waals surface area contributed by atoms with Gasteiger partial charge in [0.1, 0.15) is 30.1 Å². The van der Waals surface area contributed by atoms with E-state index in [0.717, 1.165) is 11.8 Å². The van der Waals surface area contributed by atoms with Crippen LogP contribution >= 0.6 is 58.5 Å². The average molecular weight is 602 g/mol. The fourth-order valence-corrected chi connectivity index (χ4v) is 6.07. The van der Waals surface area contributed by atoms with Crippen molar-refractivity contribution in [2.45, 2.75) is 23.1 Å². The van der Waals surface area contributed by atoms with Crippen LogP contribution in [-0.2, 0) is 20.9 Å². The Balaban J connectivity index is 1.47. The second-order valence-corrected chi connectivity index (χ2v) is 11.6. The molecule has 0 saturated heterocycles. The second kappa shape index (κ2) is 11.8. The van der Waals surface area contributed by atoms with Gasteiger partial charge in [-0.2, -0.15) is 5.10 Å². The van der Waals surface area contributed by atoms with Crippen molar-refractivity contribution in [2.75, 3.05) is 29.7 Å². The standard InChI is InChI=1S/C22H19Cl2FN6O3S3/c1-10(20(33)34-2)36-21-30-31(22(35)37-21)8-18(32)28-11-3-4-16-12(5-11)19(27-9-26-16)29-17-7-14(24)13(23)6-15(17)25/h3-7,10,26H,8-9H2,1-2H3,(H,27,29)(H,28,32). The molecular weight excluding hydrogens is 582 g/mol. The number of nitrogens with one attached hydrogen (secondary N) is 3. The number of benzene rings is 2. The van der Waals surface area contributed by atoms with Crippen LogP contribution in [-0.4, -0.2) is 46.5 Å². The number of thioether (sulfide) groups is 1. The van der Waals surface area contributed by atoms with Crippen molar-refractivity contribution in [1.29, 1.82) is 0 Å². The number of carbonyl (C=O) groups excluding carboxylic acids is 2. The average Bonchev–Trinajstić information content (AvgIpc) is 3.20. The van der Waals surface area contributed by atoms with Gasteiger partial charge in [0.25, 0.3) is 0 Å². The highest BCUT2D eigenvalue weighted by molar-refractivity contribution is 8.02. The summed E-state index contributed by atoms with van der Waals surface area (Å²) in [5.74, 6) is -0.924. The summed E-state index contributed by atoms with van der Waals surface area (Å²) >= 11 is 19.6. The molecule has 1 aromatic heterocycles. The minimum atomic E-state index is -0.583. The molecule has 3 N–H and O–H groups in total. The maximum atomic E-state index is 14.4. The lowest BCUT2D eigenvalue weighted by atomic mass is 10.1. The number of nitrogens with zero attached hydrogens (tertiary/aromatic N) is 3. The van der Waals surface area contributed by atoms with E-state index in [1.807, 2.05) is 0 Å². The van der Waals surface area contributed by atoms with Crippen molar-refractivity contribution >= 4 is 93.3 Å². The Morgan fingerprint density at radius 3 is 2.84 bits per heavy atom. The molecule has 3 aromatic rings. The molecule has 2 heterocycles. The summed E-state index contributed by atoms with van der Waals surface area (Å²) in [7, 11) is 1.32. The Morgan fingerprint density at radius 2 is 2.08 bits per heavy atom. The molecule has 15 heteroatoms. The van der Waals surface area contributed by atoms with Crippen molar-refractivity contribution in [3.8, 4) is 0 Å². The van der Waals surface area contributed by atoms with E-state index in [2.05, 4.69) is 26.0 Å². The van der Waals surface area contributed by atoms with Crippen LogP contribution in [0.3, 0.4) is 0 Å². The number of fused-ring (bicyclic) bond motifs is 1. The number of amides is 1. The number of amidine groups is 1. The highest BCUT2D eigenvalue weighted by atomic mass is 35.5. The molecule has 4 rings (SSSR count). The van der Waals surface area contributed by atoms with Crippen LogP contribution in [0.2, 0.25) is 10.0 Å². The number of rotatable bonds is 7. The molecule has 0 fully saturated rings. The number of hydrogen-bond acceptors (Lipinski definition) is 10. The lowest BCUT2D eigenvalue weighted by Gasteiger charge is -2.21. The van der Waals surface area contributed by atoms with E-state index < -0.39 is 11.1 Å². The van der Waals surface area contributed by atoms with E-state index >= 15 is 0 Å². The van der Waals surface area contributed by atoms with E-state index in [-0.39, 0.29) is 40.8 Å². The van der Waals surface area contributed by atoms with Gasteiger partial charge in [0.15, 0.2) is 8.29 Å². The first-order valence-electron chi connectivity index (χ1n) is 10.6. The topological polar surface area (TPSA) is 110 Å². The summed E-state index contributed by atoms with van der Waals surface area (Å²) in [5, 5.41) is 13.1. The third kappa shape index (κ3) is 6.60. The predicted molar refractivity (Wildman–Crippen MR) is 148 cm³/mol. The van der Waals surface area contributed by atoms with Crippen LogP contribution in [0, 0.1) is 9.77 Å². The van der Waals surface area contributed by atoms with Gasteiger partial charge in [0.2, 0.25) is 5.91 Å². The molecule has 0 bridgehead atoms. The highest BCUT2D eigenvalue weighted by Crippen LogP contribution is 2.31. The minimum absolute atomic E-state index is 0.103. The van der Waals surface area contributed by atoms with E-state index in [4.69, 9.17) is 40.2 Å². The number of aromatic nitrogens is 2. The van der Waals surface area contributed by atoms with Gasteiger partial charge in [-0.15, -0.1) is 0 Å². The highest BCUT2D eigenvalue weighted by Gasteiger charge is 2.20. The molecule has 1 atom stereocenters. The van der Waals surface area contributed by atoms with Crippen LogP contribution in [0.5, 0.6) is 0 Å². The van der Waals surface area contributed by atoms with E-state index in [1.165, 1.54) is 41.0 Å². The lowest BCUT2D eigenvalue weighted by Crippen LogP contribution is -2.24. The molecule has 194 valence electrons. The van der Waals surface area contributed by atoms with Crippen molar-refractivity contribution in [3.05, 3.63) is 55.7 Å². The molecular formula is C22H19Cl2FN6O3S3. The smallest absolute Gasteiger partial charge is 0.318 e. The molecule has 2 aromatic carbocycles. The molecule has 0 radical (unpaired) electrons. The Labute approximate surface area is 234 Å². The zero-order valence-electron chi connectivity index (χ0n) is 19.3. The van der Waals surface area contributed by atoms with Crippen molar-refractivity contribution < 1.29 is 18.7 Å². The number of anilines is 3. The van der Waals surface area contributed by atoms with Crippen molar-refractivity contribution in [3.63, 3.8) is 0 Å². The maximum absolute atomic E-state index is 14.4. The predicted octanol–water partition coefficient (Wildman–Crippen LogP) is 5.65. The van der Waals surface area contributed by atoms with Crippen molar-refractivity contribution in [1.82, 2.24) is 9.78 Å². The summed E-state index contributed by atoms with van der Waals surface area (Å²) < 4.78 is 21.5. The summed E-state index contributed by atoms with van der Waals surface area (Å²) in [4.78, 5) is 28.8. The number of carbonyl (C=O) groups is 2.